The first kappa shape index (κ1) is 33.4. The fraction of sp³-hybridized carbons (Fsp3) is 0. The van der Waals surface area contributed by atoms with Crippen LogP contribution in [-0.4, -0.2) is 24.9 Å². The second-order valence-corrected chi connectivity index (χ2v) is 14.5. The van der Waals surface area contributed by atoms with Crippen LogP contribution >= 0.6 is 0 Å². The van der Waals surface area contributed by atoms with Gasteiger partial charge < -0.3 is 0 Å². The van der Waals surface area contributed by atoms with Crippen molar-refractivity contribution < 1.29 is 0 Å². The first-order valence-electron chi connectivity index (χ1n) is 19.4. The third kappa shape index (κ3) is 6.21. The van der Waals surface area contributed by atoms with Crippen molar-refractivity contribution >= 4 is 43.5 Å². The minimum absolute atomic E-state index is 0.704. The zero-order valence-corrected chi connectivity index (χ0v) is 31.3. The van der Waals surface area contributed by atoms with E-state index in [-0.39, 0.29) is 0 Å². The van der Waals surface area contributed by atoms with Crippen molar-refractivity contribution in [3.8, 4) is 67.7 Å². The number of nitrogens with zero attached hydrogens (tertiary/aromatic N) is 5. The summed E-state index contributed by atoms with van der Waals surface area (Å²) in [6.07, 6.45) is 0. The summed E-state index contributed by atoms with van der Waals surface area (Å²) in [6.45, 7) is 0. The van der Waals surface area contributed by atoms with E-state index in [4.69, 9.17) is 24.9 Å². The van der Waals surface area contributed by atoms with Crippen molar-refractivity contribution in [3.05, 3.63) is 200 Å². The quantitative estimate of drug-likeness (QED) is 0.159. The minimum Gasteiger partial charge on any atom is -0.248 e. The molecular weight excluding hydrogens is 707 g/mol. The lowest BCUT2D eigenvalue weighted by Crippen LogP contribution is -1.95. The summed E-state index contributed by atoms with van der Waals surface area (Å²) in [7, 11) is 0. The number of benzene rings is 7. The van der Waals surface area contributed by atoms with Crippen LogP contribution in [-0.2, 0) is 0 Å². The zero-order chi connectivity index (χ0) is 38.4. The highest BCUT2D eigenvalue weighted by molar-refractivity contribution is 6.05. The van der Waals surface area contributed by atoms with Gasteiger partial charge in [-0.2, -0.15) is 0 Å². The van der Waals surface area contributed by atoms with Gasteiger partial charge in [0.2, 0.25) is 0 Å². The van der Waals surface area contributed by atoms with Crippen LogP contribution in [0.5, 0.6) is 0 Å². The third-order valence-electron chi connectivity index (χ3n) is 10.9. The van der Waals surface area contributed by atoms with Gasteiger partial charge in [-0.15, -0.1) is 0 Å². The van der Waals surface area contributed by atoms with Gasteiger partial charge in [0.15, 0.2) is 5.82 Å². The standard InChI is InChI=1S/C53H33N5/c1-3-10-36(11-4-1)50-33-51(58-53(57-50)41-12-5-2-6-13-41)37-18-15-34(16-19-37)42-23-20-38-25-28-45(54-48(38)31-42)43-24-21-39-26-29-46(55-49(39)32-43)47-30-27-40-22-17-35-9-7-8-14-44(35)52(40)56-47/h1-33H. The van der Waals surface area contributed by atoms with E-state index in [1.807, 2.05) is 36.4 Å². The molecule has 0 aliphatic carbocycles. The van der Waals surface area contributed by atoms with Crippen molar-refractivity contribution in [2.75, 3.05) is 0 Å². The molecule has 0 fully saturated rings. The fourth-order valence-corrected chi connectivity index (χ4v) is 7.78. The zero-order valence-electron chi connectivity index (χ0n) is 31.3. The first-order valence-corrected chi connectivity index (χ1v) is 19.4. The van der Waals surface area contributed by atoms with E-state index in [2.05, 4.69) is 164 Å². The molecule has 0 N–H and O–H groups in total. The van der Waals surface area contributed by atoms with Gasteiger partial charge in [0.05, 0.1) is 45.0 Å². The number of fused-ring (bicyclic) bond motifs is 5. The van der Waals surface area contributed by atoms with Crippen molar-refractivity contribution in [1.29, 1.82) is 0 Å². The molecule has 7 aromatic carbocycles. The van der Waals surface area contributed by atoms with E-state index in [0.29, 0.717) is 5.82 Å². The molecule has 0 spiro atoms. The average molecular weight is 740 g/mol. The molecule has 0 atom stereocenters. The van der Waals surface area contributed by atoms with Gasteiger partial charge in [-0.1, -0.05) is 164 Å². The second-order valence-electron chi connectivity index (χ2n) is 14.5. The third-order valence-corrected chi connectivity index (χ3v) is 10.9. The molecule has 0 radical (unpaired) electrons. The molecule has 11 aromatic rings. The van der Waals surface area contributed by atoms with Crippen LogP contribution in [0.1, 0.15) is 0 Å². The summed E-state index contributed by atoms with van der Waals surface area (Å²) in [5, 5.41) is 5.59. The largest absolute Gasteiger partial charge is 0.248 e. The molecule has 5 heteroatoms. The molecule has 4 aromatic heterocycles. The normalized spacial score (nSPS) is 11.4. The van der Waals surface area contributed by atoms with E-state index in [0.717, 1.165) is 99.9 Å². The fourth-order valence-electron chi connectivity index (χ4n) is 7.78. The highest BCUT2D eigenvalue weighted by Gasteiger charge is 2.13. The lowest BCUT2D eigenvalue weighted by atomic mass is 10.00. The Kier molecular flexibility index (Phi) is 8.07. The number of aromatic nitrogens is 5. The van der Waals surface area contributed by atoms with Crippen molar-refractivity contribution in [3.63, 3.8) is 0 Å². The van der Waals surface area contributed by atoms with Gasteiger partial charge in [-0.25, -0.2) is 24.9 Å². The molecule has 270 valence electrons. The summed E-state index contributed by atoms with van der Waals surface area (Å²) in [5.74, 6) is 0.704. The highest BCUT2D eigenvalue weighted by Crippen LogP contribution is 2.33. The molecule has 0 aliphatic rings. The van der Waals surface area contributed by atoms with Crippen LogP contribution in [0.2, 0.25) is 0 Å². The SMILES string of the molecule is c1ccc(-c2cc(-c3ccc(-c4ccc5ccc(-c6ccc7ccc(-c8ccc9ccc%10ccccc%10c9n8)nc7c6)nc5c4)cc3)nc(-c3ccccc3)n2)cc1. The number of hydrogen-bond acceptors (Lipinski definition) is 5. The van der Waals surface area contributed by atoms with Crippen molar-refractivity contribution in [2.45, 2.75) is 0 Å². The van der Waals surface area contributed by atoms with Crippen LogP contribution in [0.15, 0.2) is 200 Å². The molecule has 0 saturated heterocycles. The van der Waals surface area contributed by atoms with Gasteiger partial charge in [0.1, 0.15) is 0 Å². The Morgan fingerprint density at radius 1 is 0.241 bits per heavy atom. The van der Waals surface area contributed by atoms with Gasteiger partial charge in [0.25, 0.3) is 0 Å². The molecule has 58 heavy (non-hydrogen) atoms. The van der Waals surface area contributed by atoms with E-state index in [9.17, 15) is 0 Å². The van der Waals surface area contributed by atoms with Crippen LogP contribution in [0.4, 0.5) is 0 Å². The van der Waals surface area contributed by atoms with Crippen molar-refractivity contribution in [1.82, 2.24) is 24.9 Å². The maximum absolute atomic E-state index is 5.17. The lowest BCUT2D eigenvalue weighted by Gasteiger charge is -2.10. The topological polar surface area (TPSA) is 64.5 Å². The highest BCUT2D eigenvalue weighted by atomic mass is 14.9. The molecular formula is C53H33N5. The van der Waals surface area contributed by atoms with Gasteiger partial charge in [0, 0.05) is 43.8 Å². The Morgan fingerprint density at radius 3 is 1.47 bits per heavy atom. The minimum atomic E-state index is 0.704. The van der Waals surface area contributed by atoms with E-state index in [1.165, 1.54) is 5.39 Å². The molecule has 0 unspecified atom stereocenters. The van der Waals surface area contributed by atoms with Gasteiger partial charge in [-0.05, 0) is 52.9 Å². The Bertz CT molecular complexity index is 3270. The van der Waals surface area contributed by atoms with Crippen molar-refractivity contribution in [2.24, 2.45) is 0 Å². The van der Waals surface area contributed by atoms with Gasteiger partial charge in [-0.3, -0.25) is 0 Å². The Morgan fingerprint density at radius 2 is 0.724 bits per heavy atom. The maximum atomic E-state index is 5.17. The molecule has 11 rings (SSSR count). The Balaban J connectivity index is 0.908. The second kappa shape index (κ2) is 14.0. The van der Waals surface area contributed by atoms with Crippen LogP contribution in [0, 0.1) is 0 Å². The molecule has 0 amide bonds. The molecule has 0 bridgehead atoms. The molecule has 5 nitrogen and oxygen atoms in total. The summed E-state index contributed by atoms with van der Waals surface area (Å²) < 4.78 is 0. The molecule has 4 heterocycles. The molecule has 0 aliphatic heterocycles. The van der Waals surface area contributed by atoms with E-state index >= 15 is 0 Å². The van der Waals surface area contributed by atoms with Crippen LogP contribution in [0.3, 0.4) is 0 Å². The number of rotatable bonds is 6. The maximum Gasteiger partial charge on any atom is 0.160 e. The summed E-state index contributed by atoms with van der Waals surface area (Å²) in [5.41, 5.74) is 13.5. The summed E-state index contributed by atoms with van der Waals surface area (Å²) >= 11 is 0. The summed E-state index contributed by atoms with van der Waals surface area (Å²) in [6, 6.07) is 69.2. The summed E-state index contributed by atoms with van der Waals surface area (Å²) in [4.78, 5) is 25.3. The Labute approximate surface area is 335 Å². The smallest absolute Gasteiger partial charge is 0.160 e. The number of pyridine rings is 3. The van der Waals surface area contributed by atoms with Crippen LogP contribution in [0.25, 0.3) is 111 Å². The van der Waals surface area contributed by atoms with Gasteiger partial charge >= 0.3 is 0 Å². The van der Waals surface area contributed by atoms with Crippen LogP contribution < -0.4 is 0 Å². The predicted octanol–water partition coefficient (Wildman–Crippen LogP) is 13.3. The Hall–Kier alpha value is -7.89. The predicted molar refractivity (Wildman–Crippen MR) is 238 cm³/mol. The van der Waals surface area contributed by atoms with E-state index in [1.54, 1.807) is 0 Å². The molecule has 0 saturated carbocycles. The van der Waals surface area contributed by atoms with E-state index < -0.39 is 0 Å². The monoisotopic (exact) mass is 739 g/mol. The average Bonchev–Trinajstić information content (AvgIpc) is 3.31. The number of hydrogen-bond donors (Lipinski definition) is 0. The lowest BCUT2D eigenvalue weighted by molar-refractivity contribution is 1.18. The first-order chi connectivity index (χ1) is 28.7.